The number of nitrogens with zero attached hydrogens (tertiary/aromatic N) is 4. The Morgan fingerprint density at radius 1 is 1.05 bits per heavy atom. The number of aromatic nitrogens is 5. The van der Waals surface area contributed by atoms with Crippen LogP contribution >= 0.6 is 0 Å². The van der Waals surface area contributed by atoms with Gasteiger partial charge in [-0.25, -0.2) is 17.5 Å². The lowest BCUT2D eigenvalue weighted by Gasteiger charge is -2.11. The molecule has 13 heteroatoms. The number of carbonyl (C=O) groups is 1. The molecule has 0 aliphatic rings. The summed E-state index contributed by atoms with van der Waals surface area (Å²) < 4.78 is 27.8. The molecule has 0 saturated carbocycles. The molecule has 0 amide bonds. The summed E-state index contributed by atoms with van der Waals surface area (Å²) in [5.41, 5.74) is 8.96. The Hall–Kier alpha value is -4.75. The van der Waals surface area contributed by atoms with E-state index in [0.717, 1.165) is 9.87 Å². The molecule has 2 aromatic carbocycles. The maximum absolute atomic E-state index is 12.9. The second-order valence-corrected chi connectivity index (χ2v) is 10.9. The first kappa shape index (κ1) is 24.9. The Balaban J connectivity index is 1.59. The highest BCUT2D eigenvalue weighted by Crippen LogP contribution is 2.36. The fraction of sp³-hybridized carbons (Fsp3) is 0.120. The predicted octanol–water partition coefficient (Wildman–Crippen LogP) is 2.36. The summed E-state index contributed by atoms with van der Waals surface area (Å²) in [6.07, 6.45) is 3.37. The van der Waals surface area contributed by atoms with Crippen LogP contribution in [0, 0.1) is 0 Å². The van der Waals surface area contributed by atoms with E-state index >= 15 is 0 Å². The number of H-pyrrole nitrogens is 2. The van der Waals surface area contributed by atoms with Crippen molar-refractivity contribution in [2.45, 2.75) is 11.4 Å². The van der Waals surface area contributed by atoms with E-state index in [4.69, 9.17) is 10.8 Å². The molecule has 0 unspecified atom stereocenters. The van der Waals surface area contributed by atoms with Crippen molar-refractivity contribution in [2.24, 2.45) is 0 Å². The number of hydrogen-bond acceptors (Lipinski definition) is 7. The molecule has 0 aliphatic carbocycles. The standard InChI is InChI=1S/C25H23N7O5S/c1-31(2)38(36,37)18-9-7-15(8-10-18)21-19(20-22(28-21)29-25(26)30-23(20)33)17-11-27-32(13-17)12-14-3-5-16(6-4-14)24(34)35/h3-11,13H,12H2,1-2H3,(H,34,35)(H4,26,28,29,30,33). The van der Waals surface area contributed by atoms with Gasteiger partial charge in [-0.3, -0.25) is 14.5 Å². The normalized spacial score (nSPS) is 11.9. The van der Waals surface area contributed by atoms with Gasteiger partial charge in [0.15, 0.2) is 0 Å². The lowest BCUT2D eigenvalue weighted by Crippen LogP contribution is -2.22. The summed E-state index contributed by atoms with van der Waals surface area (Å²) in [4.78, 5) is 34.1. The summed E-state index contributed by atoms with van der Waals surface area (Å²) >= 11 is 0. The van der Waals surface area contributed by atoms with Crippen LogP contribution in [-0.2, 0) is 16.6 Å². The van der Waals surface area contributed by atoms with Crippen molar-refractivity contribution in [3.8, 4) is 22.4 Å². The SMILES string of the molecule is CN(C)S(=O)(=O)c1ccc(-c2[nH]c3nc(N)[nH]c(=O)c3c2-c2cnn(Cc3ccc(C(=O)O)cc3)c2)cc1. The number of rotatable bonds is 7. The molecule has 0 fully saturated rings. The highest BCUT2D eigenvalue weighted by atomic mass is 32.2. The van der Waals surface area contributed by atoms with Crippen molar-refractivity contribution in [1.82, 2.24) is 29.0 Å². The van der Waals surface area contributed by atoms with Crippen LogP contribution in [0.4, 0.5) is 5.95 Å². The number of carboxylic acid groups (broad SMARTS) is 1. The van der Waals surface area contributed by atoms with Crippen LogP contribution in [0.1, 0.15) is 15.9 Å². The third-order valence-corrected chi connectivity index (χ3v) is 7.90. The first-order chi connectivity index (χ1) is 18.0. The molecule has 194 valence electrons. The van der Waals surface area contributed by atoms with Gasteiger partial charge in [0.05, 0.1) is 34.3 Å². The Morgan fingerprint density at radius 3 is 2.37 bits per heavy atom. The first-order valence-corrected chi connectivity index (χ1v) is 12.8. The largest absolute Gasteiger partial charge is 0.478 e. The summed E-state index contributed by atoms with van der Waals surface area (Å²) in [6.45, 7) is 0.371. The van der Waals surface area contributed by atoms with Gasteiger partial charge in [0, 0.05) is 31.4 Å². The molecule has 3 heterocycles. The lowest BCUT2D eigenvalue weighted by molar-refractivity contribution is 0.0697. The van der Waals surface area contributed by atoms with Gasteiger partial charge in [-0.1, -0.05) is 24.3 Å². The van der Waals surface area contributed by atoms with Crippen LogP contribution < -0.4 is 11.3 Å². The Bertz CT molecular complexity index is 1830. The molecule has 0 atom stereocenters. The van der Waals surface area contributed by atoms with Gasteiger partial charge in [0.25, 0.3) is 5.56 Å². The van der Waals surface area contributed by atoms with Crippen molar-refractivity contribution in [3.05, 3.63) is 82.4 Å². The number of fused-ring (bicyclic) bond motifs is 1. The number of nitrogens with two attached hydrogens (primary N) is 1. The van der Waals surface area contributed by atoms with Crippen molar-refractivity contribution in [2.75, 3.05) is 19.8 Å². The smallest absolute Gasteiger partial charge is 0.335 e. The third kappa shape index (κ3) is 4.44. The monoisotopic (exact) mass is 533 g/mol. The molecule has 5 rings (SSSR count). The molecule has 0 spiro atoms. The molecule has 3 aromatic heterocycles. The minimum Gasteiger partial charge on any atom is -0.478 e. The van der Waals surface area contributed by atoms with Crippen molar-refractivity contribution < 1.29 is 18.3 Å². The molecule has 0 saturated heterocycles. The van der Waals surface area contributed by atoms with Crippen molar-refractivity contribution in [3.63, 3.8) is 0 Å². The van der Waals surface area contributed by atoms with Crippen LogP contribution in [0.2, 0.25) is 0 Å². The van der Waals surface area contributed by atoms with E-state index < -0.39 is 21.6 Å². The lowest BCUT2D eigenvalue weighted by atomic mass is 10.0. The Labute approximate surface area is 216 Å². The quantitative estimate of drug-likeness (QED) is 0.246. The molecular formula is C25H23N7O5S. The van der Waals surface area contributed by atoms with E-state index in [0.29, 0.717) is 28.9 Å². The Morgan fingerprint density at radius 2 is 1.74 bits per heavy atom. The first-order valence-electron chi connectivity index (χ1n) is 11.3. The minimum atomic E-state index is -3.62. The second-order valence-electron chi connectivity index (χ2n) is 8.79. The molecule has 12 nitrogen and oxygen atoms in total. The van der Waals surface area contributed by atoms with Crippen LogP contribution in [-0.4, -0.2) is 62.6 Å². The maximum atomic E-state index is 12.9. The van der Waals surface area contributed by atoms with Gasteiger partial charge >= 0.3 is 5.97 Å². The zero-order valence-corrected chi connectivity index (χ0v) is 21.2. The van der Waals surface area contributed by atoms with E-state index in [9.17, 15) is 18.0 Å². The maximum Gasteiger partial charge on any atom is 0.335 e. The summed E-state index contributed by atoms with van der Waals surface area (Å²) in [6, 6.07) is 12.8. The topological polar surface area (TPSA) is 180 Å². The second kappa shape index (κ2) is 9.28. The molecular weight excluding hydrogens is 510 g/mol. The molecule has 5 N–H and O–H groups in total. The number of sulfonamides is 1. The van der Waals surface area contributed by atoms with Crippen LogP contribution in [0.5, 0.6) is 0 Å². The molecule has 38 heavy (non-hydrogen) atoms. The van der Waals surface area contributed by atoms with E-state index in [1.807, 2.05) is 0 Å². The zero-order chi connectivity index (χ0) is 27.2. The fourth-order valence-corrected chi connectivity index (χ4v) is 5.05. The van der Waals surface area contributed by atoms with Gasteiger partial charge in [-0.2, -0.15) is 10.1 Å². The number of hydrogen-bond donors (Lipinski definition) is 4. The van der Waals surface area contributed by atoms with Gasteiger partial charge in [-0.15, -0.1) is 0 Å². The van der Waals surface area contributed by atoms with Crippen LogP contribution in [0.3, 0.4) is 0 Å². The molecule has 0 aliphatic heterocycles. The van der Waals surface area contributed by atoms with E-state index in [-0.39, 0.29) is 27.4 Å². The number of carboxylic acids is 1. The van der Waals surface area contributed by atoms with Gasteiger partial charge in [0.1, 0.15) is 5.65 Å². The van der Waals surface area contributed by atoms with E-state index in [1.165, 1.54) is 38.4 Å². The number of benzene rings is 2. The van der Waals surface area contributed by atoms with Crippen molar-refractivity contribution >= 4 is 33.0 Å². The van der Waals surface area contributed by atoms with Gasteiger partial charge in [0.2, 0.25) is 16.0 Å². The highest BCUT2D eigenvalue weighted by molar-refractivity contribution is 7.89. The third-order valence-electron chi connectivity index (χ3n) is 6.07. The number of aromatic carboxylic acids is 1. The van der Waals surface area contributed by atoms with Gasteiger partial charge < -0.3 is 15.8 Å². The molecule has 0 radical (unpaired) electrons. The molecule has 5 aromatic rings. The van der Waals surface area contributed by atoms with E-state index in [1.54, 1.807) is 41.3 Å². The fourth-order valence-electron chi connectivity index (χ4n) is 4.15. The van der Waals surface area contributed by atoms with Gasteiger partial charge in [-0.05, 0) is 35.4 Å². The Kier molecular flexibility index (Phi) is 6.09. The average Bonchev–Trinajstić information content (AvgIpc) is 3.48. The highest BCUT2D eigenvalue weighted by Gasteiger charge is 2.22. The summed E-state index contributed by atoms with van der Waals surface area (Å²) in [5.74, 6) is -1.05. The number of anilines is 1. The van der Waals surface area contributed by atoms with Crippen LogP contribution in [0.15, 0.2) is 70.6 Å². The number of nitrogens with one attached hydrogen (secondary N) is 2. The minimum absolute atomic E-state index is 0.0465. The summed E-state index contributed by atoms with van der Waals surface area (Å²) in [7, 11) is -0.700. The molecule has 0 bridgehead atoms. The average molecular weight is 534 g/mol. The number of nitrogen functional groups attached to an aromatic ring is 1. The summed E-state index contributed by atoms with van der Waals surface area (Å²) in [5, 5.41) is 13.8. The van der Waals surface area contributed by atoms with Crippen LogP contribution in [0.25, 0.3) is 33.4 Å². The van der Waals surface area contributed by atoms with E-state index in [2.05, 4.69) is 20.1 Å². The van der Waals surface area contributed by atoms with Crippen molar-refractivity contribution in [1.29, 1.82) is 0 Å². The number of aromatic amines is 2. The predicted molar refractivity (Wildman–Crippen MR) is 141 cm³/mol. The zero-order valence-electron chi connectivity index (χ0n) is 20.3.